The molecule has 0 aliphatic heterocycles. The molecule has 134 valence electrons. The average Bonchev–Trinajstić information content (AvgIpc) is 3.16. The lowest BCUT2D eigenvalue weighted by Gasteiger charge is -2.03. The number of esters is 1. The third kappa shape index (κ3) is 3.63. The zero-order valence-electron chi connectivity index (χ0n) is 14.5. The molecule has 2 aromatic carbocycles. The minimum atomic E-state index is -0.411. The van der Waals surface area contributed by atoms with Gasteiger partial charge in [-0.15, -0.1) is 5.10 Å². The fourth-order valence-electron chi connectivity index (χ4n) is 2.72. The van der Waals surface area contributed by atoms with Crippen molar-refractivity contribution >= 4 is 28.3 Å². The fourth-order valence-corrected chi connectivity index (χ4v) is 3.63. The van der Waals surface area contributed by atoms with Crippen LogP contribution >= 0.6 is 11.3 Å². The third-order valence-electron chi connectivity index (χ3n) is 3.89. The van der Waals surface area contributed by atoms with E-state index in [4.69, 9.17) is 4.74 Å². The van der Waals surface area contributed by atoms with Gasteiger partial charge in [-0.05, 0) is 17.7 Å². The van der Waals surface area contributed by atoms with Gasteiger partial charge in [0.05, 0.1) is 4.53 Å². The topological polar surface area (TPSA) is 73.6 Å². The zero-order valence-corrected chi connectivity index (χ0v) is 15.3. The van der Waals surface area contributed by atoms with Gasteiger partial charge < -0.3 is 4.74 Å². The van der Waals surface area contributed by atoms with E-state index in [-0.39, 0.29) is 5.56 Å². The summed E-state index contributed by atoms with van der Waals surface area (Å²) in [5, 5.41) is 4.34. The molecule has 0 fully saturated rings. The lowest BCUT2D eigenvalue weighted by molar-refractivity contribution is -0.131. The molecule has 0 bridgehead atoms. The minimum Gasteiger partial charge on any atom is -0.426 e. The smallest absolute Gasteiger partial charge is 0.308 e. The van der Waals surface area contributed by atoms with E-state index < -0.39 is 5.97 Å². The van der Waals surface area contributed by atoms with Crippen LogP contribution in [0.1, 0.15) is 23.9 Å². The molecule has 0 N–H and O–H groups in total. The summed E-state index contributed by atoms with van der Waals surface area (Å²) in [6.07, 6.45) is 2.27. The van der Waals surface area contributed by atoms with Crippen molar-refractivity contribution in [1.29, 1.82) is 0 Å². The first-order chi connectivity index (χ1) is 13.1. The molecule has 0 radical (unpaired) electrons. The van der Waals surface area contributed by atoms with Crippen molar-refractivity contribution in [1.82, 2.24) is 14.6 Å². The molecule has 4 rings (SSSR count). The van der Waals surface area contributed by atoms with Crippen molar-refractivity contribution in [2.75, 3.05) is 0 Å². The normalized spacial score (nSPS) is 11.8. The number of hydrogen-bond acceptors (Lipinski definition) is 6. The SMILES string of the molecule is CC(=O)Oc1ccccc1/C=c1\sc2nc(Cc3ccccc3)nn2c1=O. The number of hydrogen-bond donors (Lipinski definition) is 0. The number of thiazole rings is 1. The molecule has 0 saturated carbocycles. The van der Waals surface area contributed by atoms with E-state index in [1.165, 1.54) is 22.8 Å². The van der Waals surface area contributed by atoms with Crippen molar-refractivity contribution in [2.45, 2.75) is 13.3 Å². The van der Waals surface area contributed by atoms with Crippen LogP contribution in [0.3, 0.4) is 0 Å². The summed E-state index contributed by atoms with van der Waals surface area (Å²) in [6, 6.07) is 16.9. The fraction of sp³-hybridized carbons (Fsp3) is 0.100. The zero-order chi connectivity index (χ0) is 18.8. The van der Waals surface area contributed by atoms with Crippen LogP contribution < -0.4 is 14.8 Å². The van der Waals surface area contributed by atoms with Crippen LogP contribution in [0.2, 0.25) is 0 Å². The maximum absolute atomic E-state index is 12.7. The second-order valence-corrected chi connectivity index (χ2v) is 6.94. The third-order valence-corrected chi connectivity index (χ3v) is 4.85. The van der Waals surface area contributed by atoms with Gasteiger partial charge in [0.25, 0.3) is 5.56 Å². The summed E-state index contributed by atoms with van der Waals surface area (Å²) < 4.78 is 7.00. The van der Waals surface area contributed by atoms with Crippen LogP contribution in [0.5, 0.6) is 5.75 Å². The van der Waals surface area contributed by atoms with Gasteiger partial charge in [0, 0.05) is 18.9 Å². The Morgan fingerprint density at radius 1 is 1.15 bits per heavy atom. The predicted octanol–water partition coefficient (Wildman–Crippen LogP) is 2.21. The maximum Gasteiger partial charge on any atom is 0.308 e. The molecule has 0 amide bonds. The van der Waals surface area contributed by atoms with Crippen molar-refractivity contribution < 1.29 is 9.53 Å². The number of carbonyl (C=O) groups excluding carboxylic acids is 1. The number of nitrogens with zero attached hydrogens (tertiary/aromatic N) is 3. The average molecular weight is 377 g/mol. The molecular formula is C20H15N3O3S. The number of para-hydroxylation sites is 1. The molecule has 0 unspecified atom stereocenters. The first-order valence-electron chi connectivity index (χ1n) is 8.32. The van der Waals surface area contributed by atoms with Crippen molar-refractivity contribution in [3.05, 3.63) is 86.4 Å². The maximum atomic E-state index is 12.7. The Labute approximate surface area is 158 Å². The highest BCUT2D eigenvalue weighted by atomic mass is 32.1. The second-order valence-electron chi connectivity index (χ2n) is 5.93. The van der Waals surface area contributed by atoms with Crippen LogP contribution in [-0.2, 0) is 11.2 Å². The summed E-state index contributed by atoms with van der Waals surface area (Å²) >= 11 is 1.26. The number of rotatable bonds is 4. The second kappa shape index (κ2) is 7.13. The Balaban J connectivity index is 1.71. The molecule has 6 nitrogen and oxygen atoms in total. The number of benzene rings is 2. The molecule has 0 aliphatic rings. The van der Waals surface area contributed by atoms with Crippen LogP contribution in [-0.4, -0.2) is 20.6 Å². The van der Waals surface area contributed by atoms with Crippen LogP contribution in [0.25, 0.3) is 11.0 Å². The van der Waals surface area contributed by atoms with Gasteiger partial charge in [0.1, 0.15) is 5.75 Å². The Morgan fingerprint density at radius 3 is 2.63 bits per heavy atom. The molecule has 0 spiro atoms. The molecule has 27 heavy (non-hydrogen) atoms. The first kappa shape index (κ1) is 17.1. The minimum absolute atomic E-state index is 0.237. The number of aromatic nitrogens is 3. The highest BCUT2D eigenvalue weighted by Gasteiger charge is 2.12. The number of ether oxygens (including phenoxy) is 1. The van der Waals surface area contributed by atoms with E-state index >= 15 is 0 Å². The molecule has 4 aromatic rings. The quantitative estimate of drug-likeness (QED) is 0.403. The van der Waals surface area contributed by atoms with Crippen LogP contribution in [0.15, 0.2) is 59.4 Å². The van der Waals surface area contributed by atoms with Crippen LogP contribution in [0, 0.1) is 0 Å². The number of carbonyl (C=O) groups is 1. The lowest BCUT2D eigenvalue weighted by atomic mass is 10.1. The molecule has 0 aliphatic carbocycles. The highest BCUT2D eigenvalue weighted by molar-refractivity contribution is 7.15. The lowest BCUT2D eigenvalue weighted by Crippen LogP contribution is -2.24. The van der Waals surface area contributed by atoms with Crippen molar-refractivity contribution in [3.8, 4) is 5.75 Å². The highest BCUT2D eigenvalue weighted by Crippen LogP contribution is 2.19. The Hall–Kier alpha value is -3.32. The Bertz CT molecular complexity index is 1230. The van der Waals surface area contributed by atoms with E-state index in [1.807, 2.05) is 36.4 Å². The van der Waals surface area contributed by atoms with Crippen molar-refractivity contribution in [2.24, 2.45) is 0 Å². The largest absolute Gasteiger partial charge is 0.426 e. The summed E-state index contributed by atoms with van der Waals surface area (Å²) in [7, 11) is 0. The van der Waals surface area contributed by atoms with Crippen molar-refractivity contribution in [3.63, 3.8) is 0 Å². The van der Waals surface area contributed by atoms with Crippen LogP contribution in [0.4, 0.5) is 0 Å². The number of fused-ring (bicyclic) bond motifs is 1. The van der Waals surface area contributed by atoms with Gasteiger partial charge in [0.2, 0.25) is 4.96 Å². The van der Waals surface area contributed by atoms with Gasteiger partial charge in [-0.3, -0.25) is 9.59 Å². The van der Waals surface area contributed by atoms with Gasteiger partial charge in [-0.2, -0.15) is 4.52 Å². The predicted molar refractivity (Wildman–Crippen MR) is 103 cm³/mol. The van der Waals surface area contributed by atoms with E-state index in [1.54, 1.807) is 24.3 Å². The van der Waals surface area contributed by atoms with E-state index in [0.29, 0.717) is 33.1 Å². The Morgan fingerprint density at radius 2 is 1.89 bits per heavy atom. The van der Waals surface area contributed by atoms with E-state index in [0.717, 1.165) is 5.56 Å². The molecular weight excluding hydrogens is 362 g/mol. The molecule has 0 saturated heterocycles. The van der Waals surface area contributed by atoms with Gasteiger partial charge >= 0.3 is 5.97 Å². The van der Waals surface area contributed by atoms with Gasteiger partial charge in [-0.1, -0.05) is 59.9 Å². The molecule has 2 aromatic heterocycles. The standard InChI is InChI=1S/C20H15N3O3S/c1-13(24)26-16-10-6-5-9-15(16)12-17-19(25)23-20(27-17)21-18(22-23)11-14-7-3-2-4-8-14/h2-10,12H,11H2,1H3/b17-12-. The van der Waals surface area contributed by atoms with Gasteiger partial charge in [0.15, 0.2) is 5.82 Å². The molecule has 0 atom stereocenters. The summed E-state index contributed by atoms with van der Waals surface area (Å²) in [5.41, 5.74) is 1.50. The summed E-state index contributed by atoms with van der Waals surface area (Å²) in [6.45, 7) is 1.34. The van der Waals surface area contributed by atoms with E-state index in [2.05, 4.69) is 10.1 Å². The van der Waals surface area contributed by atoms with E-state index in [9.17, 15) is 9.59 Å². The Kier molecular flexibility index (Phi) is 4.52. The molecule has 2 heterocycles. The summed E-state index contributed by atoms with van der Waals surface area (Å²) in [5.74, 6) is 0.607. The molecule has 7 heteroatoms. The first-order valence-corrected chi connectivity index (χ1v) is 9.13. The summed E-state index contributed by atoms with van der Waals surface area (Å²) in [4.78, 5) is 28.9. The monoisotopic (exact) mass is 377 g/mol. The van der Waals surface area contributed by atoms with Gasteiger partial charge in [-0.25, -0.2) is 4.98 Å².